The highest BCUT2D eigenvalue weighted by atomic mass is 35.5. The van der Waals surface area contributed by atoms with Gasteiger partial charge in [-0.3, -0.25) is 0 Å². The highest BCUT2D eigenvalue weighted by Gasteiger charge is 2.30. The van der Waals surface area contributed by atoms with E-state index < -0.39 is 0 Å². The van der Waals surface area contributed by atoms with Crippen LogP contribution in [0.15, 0.2) is 23.1 Å². The summed E-state index contributed by atoms with van der Waals surface area (Å²) in [6.07, 6.45) is 1.09. The second kappa shape index (κ2) is 3.52. The van der Waals surface area contributed by atoms with Crippen LogP contribution < -0.4 is 5.73 Å². The normalized spacial score (nSPS) is 26.1. The molecule has 0 saturated carbocycles. The second-order valence-corrected chi connectivity index (χ2v) is 4.91. The van der Waals surface area contributed by atoms with Gasteiger partial charge in [-0.15, -0.1) is 11.8 Å². The van der Waals surface area contributed by atoms with Gasteiger partial charge < -0.3 is 5.73 Å². The quantitative estimate of drug-likeness (QED) is 0.775. The minimum Gasteiger partial charge on any atom is -0.323 e. The molecule has 1 aromatic carbocycles. The predicted molar refractivity (Wildman–Crippen MR) is 58.3 cm³/mol. The Hall–Kier alpha value is -0.180. The first kappa shape index (κ1) is 9.38. The van der Waals surface area contributed by atoms with Crippen LogP contribution in [0.3, 0.4) is 0 Å². The summed E-state index contributed by atoms with van der Waals surface area (Å²) in [4.78, 5) is 1.18. The largest absolute Gasteiger partial charge is 0.323 e. The highest BCUT2D eigenvalue weighted by Crippen LogP contribution is 2.47. The van der Waals surface area contributed by atoms with Crippen LogP contribution in [-0.4, -0.2) is 5.25 Å². The van der Waals surface area contributed by atoms with Crippen LogP contribution in [0.25, 0.3) is 0 Å². The molecule has 13 heavy (non-hydrogen) atoms. The Balaban J connectivity index is 2.43. The number of nitrogens with two attached hydrogens (primary N) is 1. The summed E-state index contributed by atoms with van der Waals surface area (Å²) in [5.74, 6) is 0. The van der Waals surface area contributed by atoms with Gasteiger partial charge in [-0.05, 0) is 18.1 Å². The van der Waals surface area contributed by atoms with E-state index in [0.717, 1.165) is 11.4 Å². The van der Waals surface area contributed by atoms with E-state index in [1.807, 2.05) is 23.9 Å². The Morgan fingerprint density at radius 2 is 2.31 bits per heavy atom. The van der Waals surface area contributed by atoms with E-state index in [1.165, 1.54) is 10.5 Å². The third-order valence-corrected chi connectivity index (χ3v) is 4.48. The topological polar surface area (TPSA) is 26.0 Å². The summed E-state index contributed by atoms with van der Waals surface area (Å²) >= 11 is 7.89. The van der Waals surface area contributed by atoms with Crippen molar-refractivity contribution in [2.45, 2.75) is 29.5 Å². The summed E-state index contributed by atoms with van der Waals surface area (Å²) < 4.78 is 0. The van der Waals surface area contributed by atoms with Crippen LogP contribution in [0.2, 0.25) is 5.02 Å². The van der Waals surface area contributed by atoms with Crippen molar-refractivity contribution < 1.29 is 0 Å². The first-order chi connectivity index (χ1) is 6.24. The lowest BCUT2D eigenvalue weighted by Crippen LogP contribution is -2.18. The Bertz CT molecular complexity index is 327. The minimum absolute atomic E-state index is 0.156. The van der Waals surface area contributed by atoms with E-state index in [0.29, 0.717) is 5.25 Å². The van der Waals surface area contributed by atoms with Crippen molar-refractivity contribution in [2.75, 3.05) is 0 Å². The van der Waals surface area contributed by atoms with Crippen LogP contribution in [0.5, 0.6) is 0 Å². The molecule has 1 aromatic rings. The van der Waals surface area contributed by atoms with Crippen LogP contribution in [0, 0.1) is 0 Å². The molecule has 3 heteroatoms. The van der Waals surface area contributed by atoms with Crippen molar-refractivity contribution in [3.8, 4) is 0 Å². The zero-order chi connectivity index (χ0) is 9.42. The molecule has 0 aromatic heterocycles. The molecule has 0 amide bonds. The van der Waals surface area contributed by atoms with Crippen molar-refractivity contribution >= 4 is 23.4 Å². The number of hydrogen-bond donors (Lipinski definition) is 1. The lowest BCUT2D eigenvalue weighted by Gasteiger charge is -2.11. The fraction of sp³-hybridized carbons (Fsp3) is 0.400. The van der Waals surface area contributed by atoms with Crippen molar-refractivity contribution in [3.05, 3.63) is 28.8 Å². The zero-order valence-corrected chi connectivity index (χ0v) is 9.03. The monoisotopic (exact) mass is 213 g/mol. The first-order valence-electron chi connectivity index (χ1n) is 4.44. The molecule has 70 valence electrons. The van der Waals surface area contributed by atoms with Crippen LogP contribution in [0.4, 0.5) is 0 Å². The summed E-state index contributed by atoms with van der Waals surface area (Å²) in [6.45, 7) is 2.16. The number of rotatable bonds is 1. The summed E-state index contributed by atoms with van der Waals surface area (Å²) in [7, 11) is 0. The van der Waals surface area contributed by atoms with E-state index in [2.05, 4.69) is 13.0 Å². The van der Waals surface area contributed by atoms with Crippen LogP contribution in [-0.2, 0) is 0 Å². The van der Waals surface area contributed by atoms with Gasteiger partial charge in [-0.1, -0.05) is 30.7 Å². The number of hydrogen-bond acceptors (Lipinski definition) is 2. The fourth-order valence-corrected chi connectivity index (χ4v) is 3.27. The third kappa shape index (κ3) is 1.47. The average molecular weight is 214 g/mol. The molecule has 2 atom stereocenters. The predicted octanol–water partition coefficient (Wildman–Crippen LogP) is 3.22. The molecule has 0 saturated heterocycles. The molecular formula is C10H12ClNS. The smallest absolute Gasteiger partial charge is 0.0545 e. The van der Waals surface area contributed by atoms with Crippen LogP contribution >= 0.6 is 23.4 Å². The van der Waals surface area contributed by atoms with Gasteiger partial charge in [0.25, 0.3) is 0 Å². The zero-order valence-electron chi connectivity index (χ0n) is 7.46. The average Bonchev–Trinajstić information content (AvgIpc) is 2.45. The molecule has 1 heterocycles. The Morgan fingerprint density at radius 3 is 2.92 bits per heavy atom. The van der Waals surface area contributed by atoms with Crippen molar-refractivity contribution in [3.63, 3.8) is 0 Å². The second-order valence-electron chi connectivity index (χ2n) is 3.25. The van der Waals surface area contributed by atoms with E-state index in [4.69, 9.17) is 17.3 Å². The number of thioether (sulfide) groups is 1. The molecule has 0 spiro atoms. The van der Waals surface area contributed by atoms with E-state index in [-0.39, 0.29) is 6.04 Å². The maximum Gasteiger partial charge on any atom is 0.0545 e. The van der Waals surface area contributed by atoms with Crippen molar-refractivity contribution in [1.29, 1.82) is 0 Å². The Labute approximate surface area is 87.7 Å². The van der Waals surface area contributed by atoms with E-state index >= 15 is 0 Å². The SMILES string of the molecule is CCC1Sc2c(Cl)cccc2C1N. The maximum absolute atomic E-state index is 6.09. The molecule has 0 aliphatic carbocycles. The highest BCUT2D eigenvalue weighted by molar-refractivity contribution is 8.00. The van der Waals surface area contributed by atoms with E-state index in [1.54, 1.807) is 0 Å². The molecule has 0 fully saturated rings. The van der Waals surface area contributed by atoms with Gasteiger partial charge in [-0.25, -0.2) is 0 Å². The maximum atomic E-state index is 6.09. The molecule has 0 radical (unpaired) electrons. The molecular weight excluding hydrogens is 202 g/mol. The molecule has 0 bridgehead atoms. The van der Waals surface area contributed by atoms with Crippen molar-refractivity contribution in [2.24, 2.45) is 5.73 Å². The lowest BCUT2D eigenvalue weighted by molar-refractivity contribution is 0.666. The minimum atomic E-state index is 0.156. The third-order valence-electron chi connectivity index (χ3n) is 2.43. The fourth-order valence-electron chi connectivity index (χ4n) is 1.67. The van der Waals surface area contributed by atoms with Crippen molar-refractivity contribution in [1.82, 2.24) is 0 Å². The van der Waals surface area contributed by atoms with Gasteiger partial charge >= 0.3 is 0 Å². The van der Waals surface area contributed by atoms with Gasteiger partial charge in [-0.2, -0.15) is 0 Å². The first-order valence-corrected chi connectivity index (χ1v) is 5.70. The molecule has 2 rings (SSSR count). The number of halogens is 1. The van der Waals surface area contributed by atoms with Gasteiger partial charge in [0.15, 0.2) is 0 Å². The summed E-state index contributed by atoms with van der Waals surface area (Å²) in [6, 6.07) is 6.13. The lowest BCUT2D eigenvalue weighted by atomic mass is 10.0. The van der Waals surface area contributed by atoms with Gasteiger partial charge in [0, 0.05) is 16.2 Å². The standard InChI is InChI=1S/C10H12ClNS/c1-2-8-9(12)6-4-3-5-7(11)10(6)13-8/h3-5,8-9H,2,12H2,1H3. The molecule has 1 nitrogen and oxygen atoms in total. The summed E-state index contributed by atoms with van der Waals surface area (Å²) in [5, 5.41) is 1.34. The number of benzene rings is 1. The molecule has 2 N–H and O–H groups in total. The number of fused-ring (bicyclic) bond motifs is 1. The summed E-state index contributed by atoms with van der Waals surface area (Å²) in [5.41, 5.74) is 7.30. The van der Waals surface area contributed by atoms with Crippen LogP contribution in [0.1, 0.15) is 24.9 Å². The van der Waals surface area contributed by atoms with Gasteiger partial charge in [0.1, 0.15) is 0 Å². The Morgan fingerprint density at radius 1 is 1.54 bits per heavy atom. The van der Waals surface area contributed by atoms with Gasteiger partial charge in [0.05, 0.1) is 5.02 Å². The van der Waals surface area contributed by atoms with Gasteiger partial charge in [0.2, 0.25) is 0 Å². The molecule has 2 unspecified atom stereocenters. The van der Waals surface area contributed by atoms with E-state index in [9.17, 15) is 0 Å². The molecule has 1 aliphatic heterocycles. The Kier molecular flexibility index (Phi) is 2.54. The molecule has 1 aliphatic rings.